The number of thiol groups is 1. The molecule has 0 aliphatic carbocycles. The van der Waals surface area contributed by atoms with Crippen LogP contribution < -0.4 is 5.73 Å². The molecule has 0 heterocycles. The largest absolute Gasteiger partial charge is 0.366 e. The van der Waals surface area contributed by atoms with Crippen molar-refractivity contribution in [1.29, 1.82) is 0 Å². The van der Waals surface area contributed by atoms with E-state index in [0.29, 0.717) is 0 Å². The molecule has 0 saturated heterocycles. The lowest BCUT2D eigenvalue weighted by Gasteiger charge is -1.98. The van der Waals surface area contributed by atoms with Crippen LogP contribution in [0.4, 0.5) is 4.39 Å². The summed E-state index contributed by atoms with van der Waals surface area (Å²) in [4.78, 5) is 10.4. The van der Waals surface area contributed by atoms with E-state index in [-0.39, 0.29) is 10.5 Å². The van der Waals surface area contributed by atoms with E-state index in [4.69, 9.17) is 5.73 Å². The Morgan fingerprint density at radius 3 is 2.46 bits per heavy atom. The van der Waals surface area contributed by atoms with Crippen molar-refractivity contribution in [2.75, 3.05) is 0 Å². The van der Waals surface area contributed by atoms with Crippen LogP contribution in [0.3, 0.4) is 0 Å². The minimum atomic E-state index is -2.93. The number of rotatable bonds is 2. The molecule has 0 aliphatic rings. The quantitative estimate of drug-likeness (QED) is 0.658. The van der Waals surface area contributed by atoms with Gasteiger partial charge in [0, 0.05) is 0 Å². The third-order valence-electron chi connectivity index (χ3n) is 1.42. The number of carbonyl (C=O) groups excluding carboxylic acids is 1. The molecule has 4 nitrogen and oxygen atoms in total. The van der Waals surface area contributed by atoms with Crippen LogP contribution in [0, 0.1) is 5.82 Å². The Kier molecular flexibility index (Phi) is 2.62. The van der Waals surface area contributed by atoms with Gasteiger partial charge in [-0.05, 0) is 18.2 Å². The molecule has 0 aromatic heterocycles. The van der Waals surface area contributed by atoms with Gasteiger partial charge in [0.15, 0.2) is 10.7 Å². The maximum atomic E-state index is 12.6. The van der Waals surface area contributed by atoms with Gasteiger partial charge in [0.1, 0.15) is 5.82 Å². The van der Waals surface area contributed by atoms with Crippen LogP contribution >= 0.6 is 0 Å². The number of nitrogens with two attached hydrogens (primary N) is 1. The van der Waals surface area contributed by atoms with E-state index in [1.807, 2.05) is 0 Å². The van der Waals surface area contributed by atoms with Gasteiger partial charge in [0.05, 0.1) is 10.5 Å². The molecule has 0 spiro atoms. The highest BCUT2D eigenvalue weighted by atomic mass is 32.2. The number of amides is 1. The van der Waals surface area contributed by atoms with Crippen LogP contribution in [0.5, 0.6) is 0 Å². The number of primary amides is 1. The van der Waals surface area contributed by atoms with Crippen LogP contribution in [-0.4, -0.2) is 14.3 Å². The highest BCUT2D eigenvalue weighted by molar-refractivity contribution is 7.72. The maximum Gasteiger partial charge on any atom is 0.250 e. The summed E-state index contributed by atoms with van der Waals surface area (Å²) in [5.41, 5.74) is 4.53. The summed E-state index contributed by atoms with van der Waals surface area (Å²) in [5, 5.41) is 0. The molecule has 1 aromatic carbocycles. The lowest BCUT2D eigenvalue weighted by atomic mass is 10.2. The van der Waals surface area contributed by atoms with Gasteiger partial charge in [0.25, 0.3) is 0 Å². The zero-order valence-corrected chi connectivity index (χ0v) is 7.25. The number of hydrogen-bond acceptors (Lipinski definition) is 3. The van der Waals surface area contributed by atoms with E-state index in [1.54, 1.807) is 0 Å². The van der Waals surface area contributed by atoms with Gasteiger partial charge >= 0.3 is 0 Å². The van der Waals surface area contributed by atoms with E-state index in [9.17, 15) is 17.6 Å². The molecular weight excluding hydrogens is 197 g/mol. The van der Waals surface area contributed by atoms with Crippen molar-refractivity contribution in [3.05, 3.63) is 29.6 Å². The molecule has 0 radical (unpaired) electrons. The summed E-state index contributed by atoms with van der Waals surface area (Å²) in [6, 6.07) is 2.75. The van der Waals surface area contributed by atoms with E-state index in [1.165, 1.54) is 0 Å². The average molecular weight is 203 g/mol. The average Bonchev–Trinajstić information content (AvgIpc) is 2.03. The number of hydrogen-bond donors (Lipinski definition) is 2. The lowest BCUT2D eigenvalue weighted by molar-refractivity contribution is 0.0997. The van der Waals surface area contributed by atoms with E-state index >= 15 is 0 Å². The topological polar surface area (TPSA) is 77.2 Å². The summed E-state index contributed by atoms with van der Waals surface area (Å²) >= 11 is 0. The van der Waals surface area contributed by atoms with E-state index < -0.39 is 22.4 Å². The molecule has 1 rings (SSSR count). The fourth-order valence-electron chi connectivity index (χ4n) is 0.865. The van der Waals surface area contributed by atoms with Gasteiger partial charge in [-0.15, -0.1) is 0 Å². The van der Waals surface area contributed by atoms with Gasteiger partial charge in [-0.2, -0.15) is 0 Å². The molecule has 2 N–H and O–H groups in total. The van der Waals surface area contributed by atoms with Crippen molar-refractivity contribution in [2.24, 2.45) is 5.73 Å². The van der Waals surface area contributed by atoms with Crippen molar-refractivity contribution < 1.29 is 17.6 Å². The zero-order chi connectivity index (χ0) is 10.0. The van der Waals surface area contributed by atoms with Crippen LogP contribution in [0.15, 0.2) is 23.1 Å². The van der Waals surface area contributed by atoms with E-state index in [2.05, 4.69) is 0 Å². The molecule has 1 amide bonds. The molecule has 1 aromatic rings. The van der Waals surface area contributed by atoms with Crippen molar-refractivity contribution in [2.45, 2.75) is 4.90 Å². The Morgan fingerprint density at radius 1 is 1.38 bits per heavy atom. The molecular formula is C7H6FNO3S. The van der Waals surface area contributed by atoms with Crippen molar-refractivity contribution >= 4 is 16.6 Å². The Morgan fingerprint density at radius 2 is 2.00 bits per heavy atom. The standard InChI is InChI=1S/C7H6FNO3S/c8-4-1-2-6(13(11)12)5(3-4)7(9)10/h1-3,13H,(H2,9,10). The highest BCUT2D eigenvalue weighted by Crippen LogP contribution is 2.11. The first-order valence-electron chi connectivity index (χ1n) is 3.26. The Balaban J connectivity index is 3.44. The number of benzene rings is 1. The van der Waals surface area contributed by atoms with Gasteiger partial charge in [0.2, 0.25) is 5.91 Å². The smallest absolute Gasteiger partial charge is 0.250 e. The molecule has 6 heteroatoms. The third-order valence-corrected chi connectivity index (χ3v) is 2.20. The lowest BCUT2D eigenvalue weighted by Crippen LogP contribution is -2.13. The first-order valence-corrected chi connectivity index (χ1v) is 4.44. The third kappa shape index (κ3) is 2.03. The summed E-state index contributed by atoms with van der Waals surface area (Å²) in [6.07, 6.45) is 0. The predicted molar refractivity (Wildman–Crippen MR) is 43.5 cm³/mol. The van der Waals surface area contributed by atoms with Gasteiger partial charge in [-0.1, -0.05) is 0 Å². The van der Waals surface area contributed by atoms with Crippen LogP contribution in [-0.2, 0) is 10.7 Å². The van der Waals surface area contributed by atoms with Crippen LogP contribution in [0.25, 0.3) is 0 Å². The van der Waals surface area contributed by atoms with Crippen LogP contribution in [0.2, 0.25) is 0 Å². The molecule has 0 unspecified atom stereocenters. The number of carbonyl (C=O) groups is 1. The second kappa shape index (κ2) is 3.53. The van der Waals surface area contributed by atoms with Gasteiger partial charge in [-0.25, -0.2) is 12.8 Å². The van der Waals surface area contributed by atoms with Crippen LogP contribution in [0.1, 0.15) is 10.4 Å². The first kappa shape index (κ1) is 9.66. The fourth-order valence-corrected chi connectivity index (χ4v) is 1.43. The monoisotopic (exact) mass is 203 g/mol. The normalized spacial score (nSPS) is 10.3. The maximum absolute atomic E-state index is 12.6. The molecule has 0 saturated carbocycles. The molecule has 13 heavy (non-hydrogen) atoms. The second-order valence-corrected chi connectivity index (χ2v) is 3.28. The summed E-state index contributed by atoms with van der Waals surface area (Å²) < 4.78 is 33.7. The molecule has 0 bridgehead atoms. The second-order valence-electron chi connectivity index (χ2n) is 2.28. The predicted octanol–water partition coefficient (Wildman–Crippen LogP) is -0.105. The highest BCUT2D eigenvalue weighted by Gasteiger charge is 2.10. The van der Waals surface area contributed by atoms with Crippen molar-refractivity contribution in [3.8, 4) is 0 Å². The molecule has 0 atom stereocenters. The Bertz CT molecular complexity index is 420. The number of halogens is 1. The fraction of sp³-hybridized carbons (Fsp3) is 0. The summed E-state index contributed by atoms with van der Waals surface area (Å²) in [7, 11) is -2.93. The Hall–Kier alpha value is -1.43. The SMILES string of the molecule is NC(=O)c1cc(F)ccc1[SH](=O)=O. The van der Waals surface area contributed by atoms with E-state index in [0.717, 1.165) is 18.2 Å². The van der Waals surface area contributed by atoms with Gasteiger partial charge in [-0.3, -0.25) is 4.79 Å². The van der Waals surface area contributed by atoms with Crippen molar-refractivity contribution in [1.82, 2.24) is 0 Å². The minimum Gasteiger partial charge on any atom is -0.366 e. The Labute approximate surface area is 75.1 Å². The van der Waals surface area contributed by atoms with Crippen molar-refractivity contribution in [3.63, 3.8) is 0 Å². The molecule has 0 fully saturated rings. The summed E-state index contributed by atoms with van der Waals surface area (Å²) in [5.74, 6) is -1.66. The minimum absolute atomic E-state index is 0.260. The summed E-state index contributed by atoms with van der Waals surface area (Å²) in [6.45, 7) is 0. The molecule has 70 valence electrons. The first-order chi connectivity index (χ1) is 6.02. The zero-order valence-electron chi connectivity index (χ0n) is 6.36. The van der Waals surface area contributed by atoms with Gasteiger partial charge < -0.3 is 5.73 Å². The molecule has 0 aliphatic heterocycles.